The lowest BCUT2D eigenvalue weighted by molar-refractivity contribution is -0.133. The lowest BCUT2D eigenvalue weighted by Crippen LogP contribution is -2.49. The number of halogens is 1. The maximum absolute atomic E-state index is 12.4. The minimum Gasteiger partial charge on any atom is -0.478 e. The highest BCUT2D eigenvalue weighted by molar-refractivity contribution is 6.30. The number of anilines is 1. The average Bonchev–Trinajstić information content (AvgIpc) is 2.56. The van der Waals surface area contributed by atoms with Crippen molar-refractivity contribution in [1.29, 1.82) is 0 Å². The van der Waals surface area contributed by atoms with Gasteiger partial charge in [-0.25, -0.2) is 4.79 Å². The molecule has 0 atom stereocenters. The second kappa shape index (κ2) is 7.02. The van der Waals surface area contributed by atoms with Gasteiger partial charge in [0.2, 0.25) is 0 Å². The first kappa shape index (κ1) is 18.6. The van der Waals surface area contributed by atoms with Crippen LogP contribution in [0.15, 0.2) is 39.9 Å². The van der Waals surface area contributed by atoms with E-state index in [-0.39, 0.29) is 5.82 Å². The lowest BCUT2D eigenvalue weighted by Gasteiger charge is -2.25. The van der Waals surface area contributed by atoms with Gasteiger partial charge < -0.3 is 4.74 Å². The third kappa shape index (κ3) is 4.21. The summed E-state index contributed by atoms with van der Waals surface area (Å²) < 4.78 is 7.82. The molecule has 0 aliphatic rings. The topological polar surface area (TPSA) is 94.4 Å². The molecule has 0 spiro atoms. The largest absolute Gasteiger partial charge is 0.478 e. The molecule has 0 aliphatic heterocycles. The molecule has 0 radical (unpaired) electrons. The zero-order valence-electron chi connectivity index (χ0n) is 14.3. The Morgan fingerprint density at radius 1 is 1.12 bits per heavy atom. The van der Waals surface area contributed by atoms with Gasteiger partial charge >= 0.3 is 5.69 Å². The van der Waals surface area contributed by atoms with Crippen LogP contribution in [-0.2, 0) is 18.9 Å². The number of carbonyl (C=O) groups excluding carboxylic acids is 1. The fourth-order valence-electron chi connectivity index (χ4n) is 1.97. The van der Waals surface area contributed by atoms with E-state index in [1.165, 1.54) is 24.7 Å². The van der Waals surface area contributed by atoms with E-state index in [4.69, 9.17) is 16.3 Å². The molecule has 25 heavy (non-hydrogen) atoms. The van der Waals surface area contributed by atoms with Crippen LogP contribution in [0.2, 0.25) is 5.02 Å². The molecule has 2 N–H and O–H groups in total. The van der Waals surface area contributed by atoms with Gasteiger partial charge in [0.1, 0.15) is 11.6 Å². The molecule has 0 aliphatic carbocycles. The molecule has 1 aromatic carbocycles. The smallest absolute Gasteiger partial charge is 0.332 e. The van der Waals surface area contributed by atoms with Crippen molar-refractivity contribution in [3.63, 3.8) is 0 Å². The number of carbonyl (C=O) groups is 1. The highest BCUT2D eigenvalue weighted by Gasteiger charge is 2.30. The Morgan fingerprint density at radius 2 is 1.72 bits per heavy atom. The standard InChI is InChI=1S/C16H19ClN4O4/c1-16(2,25-11-7-5-10(17)6-8-11)14(23)19-18-12-9-13(22)21(4)15(24)20(12)3/h5-9,18H,1-4H3,(H,19,23). The van der Waals surface area contributed by atoms with Gasteiger partial charge in [0.25, 0.3) is 11.5 Å². The van der Waals surface area contributed by atoms with Crippen molar-refractivity contribution in [2.75, 3.05) is 5.43 Å². The number of hydrazine groups is 1. The average molecular weight is 367 g/mol. The molecule has 0 unspecified atom stereocenters. The summed E-state index contributed by atoms with van der Waals surface area (Å²) in [4.78, 5) is 35.9. The minimum atomic E-state index is -1.21. The first-order valence-corrected chi connectivity index (χ1v) is 7.78. The number of amides is 1. The van der Waals surface area contributed by atoms with Gasteiger partial charge in [0.05, 0.1) is 0 Å². The fourth-order valence-corrected chi connectivity index (χ4v) is 2.09. The van der Waals surface area contributed by atoms with Crippen LogP contribution in [0, 0.1) is 0 Å². The zero-order chi connectivity index (χ0) is 18.8. The molecule has 0 saturated heterocycles. The van der Waals surface area contributed by atoms with Crippen molar-refractivity contribution >= 4 is 23.3 Å². The Hall–Kier alpha value is -2.74. The molecule has 134 valence electrons. The zero-order valence-corrected chi connectivity index (χ0v) is 15.0. The number of benzene rings is 1. The number of hydrogen-bond acceptors (Lipinski definition) is 5. The van der Waals surface area contributed by atoms with Crippen molar-refractivity contribution in [1.82, 2.24) is 14.6 Å². The van der Waals surface area contributed by atoms with Crippen LogP contribution in [0.5, 0.6) is 5.75 Å². The summed E-state index contributed by atoms with van der Waals surface area (Å²) in [6, 6.07) is 7.80. The number of aromatic nitrogens is 2. The highest BCUT2D eigenvalue weighted by atomic mass is 35.5. The monoisotopic (exact) mass is 366 g/mol. The Kier molecular flexibility index (Phi) is 5.22. The van der Waals surface area contributed by atoms with Gasteiger partial charge in [0.15, 0.2) is 5.60 Å². The van der Waals surface area contributed by atoms with E-state index in [9.17, 15) is 14.4 Å². The fraction of sp³-hybridized carbons (Fsp3) is 0.312. The first-order valence-electron chi connectivity index (χ1n) is 7.40. The summed E-state index contributed by atoms with van der Waals surface area (Å²) in [5.41, 5.74) is 2.80. The minimum absolute atomic E-state index is 0.156. The molecule has 2 rings (SSSR count). The van der Waals surface area contributed by atoms with Crippen LogP contribution in [0.3, 0.4) is 0 Å². The summed E-state index contributed by atoms with van der Waals surface area (Å²) in [7, 11) is 2.85. The number of rotatable bonds is 5. The number of hydrogen-bond donors (Lipinski definition) is 2. The van der Waals surface area contributed by atoms with E-state index < -0.39 is 22.8 Å². The van der Waals surface area contributed by atoms with Crippen LogP contribution in [0.1, 0.15) is 13.8 Å². The Balaban J connectivity index is 2.10. The maximum atomic E-state index is 12.4. The van der Waals surface area contributed by atoms with Gasteiger partial charge in [0, 0.05) is 25.2 Å². The van der Waals surface area contributed by atoms with Crippen molar-refractivity contribution in [3.05, 3.63) is 56.2 Å². The quantitative estimate of drug-likeness (QED) is 0.771. The van der Waals surface area contributed by atoms with E-state index in [2.05, 4.69) is 10.9 Å². The van der Waals surface area contributed by atoms with E-state index in [1.807, 2.05) is 0 Å². The number of nitrogens with zero attached hydrogens (tertiary/aromatic N) is 2. The molecular weight excluding hydrogens is 348 g/mol. The van der Waals surface area contributed by atoms with E-state index in [1.54, 1.807) is 38.1 Å². The summed E-state index contributed by atoms with van der Waals surface area (Å²) in [5, 5.41) is 0.558. The van der Waals surface area contributed by atoms with Crippen LogP contribution in [0.4, 0.5) is 5.82 Å². The maximum Gasteiger partial charge on any atom is 0.332 e. The first-order chi connectivity index (χ1) is 11.6. The summed E-state index contributed by atoms with van der Waals surface area (Å²) in [6.07, 6.45) is 0. The number of nitrogens with one attached hydrogen (secondary N) is 2. The van der Waals surface area contributed by atoms with Crippen molar-refractivity contribution in [3.8, 4) is 5.75 Å². The van der Waals surface area contributed by atoms with Gasteiger partial charge in [-0.15, -0.1) is 0 Å². The molecule has 9 heteroatoms. The SMILES string of the molecule is Cn1c(NNC(=O)C(C)(C)Oc2ccc(Cl)cc2)cc(=O)n(C)c1=O. The van der Waals surface area contributed by atoms with Crippen LogP contribution in [-0.4, -0.2) is 20.6 Å². The molecule has 1 aromatic heterocycles. The van der Waals surface area contributed by atoms with E-state index in [0.29, 0.717) is 10.8 Å². The summed E-state index contributed by atoms with van der Waals surface area (Å²) in [6.45, 7) is 3.17. The predicted octanol–water partition coefficient (Wildman–Crippen LogP) is 1.04. The second-order valence-corrected chi connectivity index (χ2v) is 6.35. The normalized spacial score (nSPS) is 11.1. The predicted molar refractivity (Wildman–Crippen MR) is 94.8 cm³/mol. The lowest BCUT2D eigenvalue weighted by atomic mass is 10.1. The molecule has 0 saturated carbocycles. The van der Waals surface area contributed by atoms with Crippen LogP contribution in [0.25, 0.3) is 0 Å². The molecule has 0 bridgehead atoms. The van der Waals surface area contributed by atoms with Gasteiger partial charge in [-0.05, 0) is 38.1 Å². The third-order valence-electron chi connectivity index (χ3n) is 3.56. The third-order valence-corrected chi connectivity index (χ3v) is 3.82. The van der Waals surface area contributed by atoms with E-state index >= 15 is 0 Å². The summed E-state index contributed by atoms with van der Waals surface area (Å²) >= 11 is 5.81. The Bertz CT molecular complexity index is 900. The van der Waals surface area contributed by atoms with E-state index in [0.717, 1.165) is 4.57 Å². The Labute approximate surface area is 149 Å². The van der Waals surface area contributed by atoms with Gasteiger partial charge in [-0.2, -0.15) is 0 Å². The molecule has 1 heterocycles. The molecule has 2 aromatic rings. The van der Waals surface area contributed by atoms with Crippen LogP contribution >= 0.6 is 11.6 Å². The summed E-state index contributed by atoms with van der Waals surface area (Å²) in [5.74, 6) is 0.143. The van der Waals surface area contributed by atoms with Crippen LogP contribution < -0.4 is 26.8 Å². The molecule has 8 nitrogen and oxygen atoms in total. The van der Waals surface area contributed by atoms with Crippen molar-refractivity contribution < 1.29 is 9.53 Å². The van der Waals surface area contributed by atoms with Gasteiger partial charge in [-0.3, -0.25) is 29.6 Å². The Morgan fingerprint density at radius 3 is 2.32 bits per heavy atom. The highest BCUT2D eigenvalue weighted by Crippen LogP contribution is 2.21. The van der Waals surface area contributed by atoms with Crippen molar-refractivity contribution in [2.45, 2.75) is 19.4 Å². The molecule has 0 fully saturated rings. The van der Waals surface area contributed by atoms with Gasteiger partial charge in [-0.1, -0.05) is 11.6 Å². The van der Waals surface area contributed by atoms with Crippen molar-refractivity contribution in [2.24, 2.45) is 14.1 Å². The second-order valence-electron chi connectivity index (χ2n) is 5.91. The molecule has 1 amide bonds. The number of ether oxygens (including phenoxy) is 1. The molecular formula is C16H19ClN4O4.